The first-order chi connectivity index (χ1) is 9.29. The normalized spacial score (nSPS) is 11.6. The van der Waals surface area contributed by atoms with Gasteiger partial charge in [-0.15, -0.1) is 0 Å². The van der Waals surface area contributed by atoms with E-state index in [1.54, 1.807) is 0 Å². The molecule has 5 nitrogen and oxygen atoms in total. The van der Waals surface area contributed by atoms with Crippen LogP contribution in [0.15, 0.2) is 17.0 Å². The van der Waals surface area contributed by atoms with Gasteiger partial charge >= 0.3 is 5.97 Å². The predicted octanol–water partition coefficient (Wildman–Crippen LogP) is 2.89. The minimum atomic E-state index is -3.71. The largest absolute Gasteiger partial charge is 0.478 e. The highest BCUT2D eigenvalue weighted by molar-refractivity contribution is 7.91. The maximum absolute atomic E-state index is 12.2. The molecule has 0 aliphatic carbocycles. The summed E-state index contributed by atoms with van der Waals surface area (Å²) < 4.78 is 29.4. The molecule has 0 saturated heterocycles. The highest BCUT2D eigenvalue weighted by Crippen LogP contribution is 2.30. The Kier molecular flexibility index (Phi) is 6.26. The Morgan fingerprint density at radius 2 is 2.00 bits per heavy atom. The Balaban J connectivity index is 3.09. The Hall–Kier alpha value is -0.820. The zero-order chi connectivity index (χ0) is 15.3. The van der Waals surface area contributed by atoms with Crippen LogP contribution in [0.1, 0.15) is 23.7 Å². The Morgan fingerprint density at radius 1 is 1.35 bits per heavy atom. The Morgan fingerprint density at radius 3 is 2.55 bits per heavy atom. The lowest BCUT2D eigenvalue weighted by Crippen LogP contribution is -2.12. The molecule has 0 aromatic heterocycles. The molecule has 0 radical (unpaired) electrons. The van der Waals surface area contributed by atoms with Crippen molar-refractivity contribution in [1.29, 1.82) is 0 Å². The standard InChI is InChI=1S/C12H14Cl2O5S/c1-2-19-4-3-5-20(17,18)10-7-8(13)6-9(11(10)14)12(15)16/h6-7H,2-5H2,1H3,(H,15,16). The third-order valence-corrected chi connectivity index (χ3v) is 5.03. The molecule has 8 heteroatoms. The maximum Gasteiger partial charge on any atom is 0.337 e. The van der Waals surface area contributed by atoms with E-state index in [0.29, 0.717) is 19.6 Å². The summed E-state index contributed by atoms with van der Waals surface area (Å²) in [6, 6.07) is 2.28. The number of carboxylic acids is 1. The monoisotopic (exact) mass is 340 g/mol. The van der Waals surface area contributed by atoms with Gasteiger partial charge in [-0.1, -0.05) is 23.2 Å². The van der Waals surface area contributed by atoms with Crippen LogP contribution >= 0.6 is 23.2 Å². The second kappa shape index (κ2) is 7.26. The number of carbonyl (C=O) groups is 1. The molecule has 0 unspecified atom stereocenters. The number of carboxylic acid groups (broad SMARTS) is 1. The molecule has 20 heavy (non-hydrogen) atoms. The third-order valence-electron chi connectivity index (χ3n) is 2.48. The fourth-order valence-electron chi connectivity index (χ4n) is 1.55. The predicted molar refractivity (Wildman–Crippen MR) is 76.6 cm³/mol. The van der Waals surface area contributed by atoms with Crippen molar-refractivity contribution in [1.82, 2.24) is 0 Å². The first kappa shape index (κ1) is 17.2. The highest BCUT2D eigenvalue weighted by Gasteiger charge is 2.23. The van der Waals surface area contributed by atoms with Crippen molar-refractivity contribution < 1.29 is 23.1 Å². The van der Waals surface area contributed by atoms with Crippen LogP contribution in [0.25, 0.3) is 0 Å². The van der Waals surface area contributed by atoms with Crippen LogP contribution in [0.2, 0.25) is 10.0 Å². The number of rotatable bonds is 7. The maximum atomic E-state index is 12.2. The number of hydrogen-bond donors (Lipinski definition) is 1. The van der Waals surface area contributed by atoms with Gasteiger partial charge in [-0.05, 0) is 25.5 Å². The van der Waals surface area contributed by atoms with E-state index in [4.69, 9.17) is 33.0 Å². The van der Waals surface area contributed by atoms with Crippen LogP contribution in [0.3, 0.4) is 0 Å². The molecule has 0 aliphatic heterocycles. The van der Waals surface area contributed by atoms with Crippen molar-refractivity contribution in [3.63, 3.8) is 0 Å². The molecule has 1 aromatic carbocycles. The van der Waals surface area contributed by atoms with Gasteiger partial charge < -0.3 is 9.84 Å². The van der Waals surface area contributed by atoms with Gasteiger partial charge in [0.15, 0.2) is 9.84 Å². The summed E-state index contributed by atoms with van der Waals surface area (Å²) >= 11 is 11.6. The lowest BCUT2D eigenvalue weighted by Gasteiger charge is -2.09. The van der Waals surface area contributed by atoms with Crippen LogP contribution in [0, 0.1) is 0 Å². The first-order valence-electron chi connectivity index (χ1n) is 5.82. The van der Waals surface area contributed by atoms with E-state index in [-0.39, 0.29) is 26.3 Å². The minimum Gasteiger partial charge on any atom is -0.478 e. The van der Waals surface area contributed by atoms with Crippen molar-refractivity contribution in [3.8, 4) is 0 Å². The van der Waals surface area contributed by atoms with Crippen LogP contribution < -0.4 is 0 Å². The molecular weight excluding hydrogens is 327 g/mol. The fraction of sp³-hybridized carbons (Fsp3) is 0.417. The molecule has 0 amide bonds. The van der Waals surface area contributed by atoms with Gasteiger partial charge in [0.2, 0.25) is 0 Å². The molecule has 1 N–H and O–H groups in total. The molecule has 0 aliphatic rings. The quantitative estimate of drug-likeness (QED) is 0.772. The highest BCUT2D eigenvalue weighted by atomic mass is 35.5. The first-order valence-corrected chi connectivity index (χ1v) is 8.23. The fourth-order valence-corrected chi connectivity index (χ4v) is 3.78. The van der Waals surface area contributed by atoms with Crippen molar-refractivity contribution in [2.24, 2.45) is 0 Å². The Bertz CT molecular complexity index is 598. The van der Waals surface area contributed by atoms with Gasteiger partial charge in [0, 0.05) is 18.2 Å². The van der Waals surface area contributed by atoms with Crippen LogP contribution in [-0.4, -0.2) is 38.5 Å². The molecule has 0 fully saturated rings. The van der Waals surface area contributed by atoms with Gasteiger partial charge in [-0.3, -0.25) is 0 Å². The van der Waals surface area contributed by atoms with Gasteiger partial charge in [0.1, 0.15) is 0 Å². The van der Waals surface area contributed by atoms with Crippen LogP contribution in [0.5, 0.6) is 0 Å². The summed E-state index contributed by atoms with van der Waals surface area (Å²) in [6.07, 6.45) is 0.293. The van der Waals surface area contributed by atoms with E-state index in [1.807, 2.05) is 6.92 Å². The molecular formula is C12H14Cl2O5S. The number of halogens is 2. The Labute approximate surface area is 127 Å². The minimum absolute atomic E-state index is 0.00943. The zero-order valence-corrected chi connectivity index (χ0v) is 13.1. The van der Waals surface area contributed by atoms with Gasteiger partial charge in [0.25, 0.3) is 0 Å². The number of sulfone groups is 1. The van der Waals surface area contributed by atoms with Crippen molar-refractivity contribution in [2.75, 3.05) is 19.0 Å². The third kappa shape index (κ3) is 4.34. The zero-order valence-electron chi connectivity index (χ0n) is 10.7. The lowest BCUT2D eigenvalue weighted by atomic mass is 10.2. The summed E-state index contributed by atoms with van der Waals surface area (Å²) in [4.78, 5) is 10.7. The summed E-state index contributed by atoms with van der Waals surface area (Å²) in [5.41, 5.74) is -0.331. The molecule has 0 heterocycles. The SMILES string of the molecule is CCOCCCS(=O)(=O)c1cc(Cl)cc(C(=O)O)c1Cl. The summed E-state index contributed by atoms with van der Waals surface area (Å²) in [5, 5.41) is 8.66. The van der Waals surface area contributed by atoms with Gasteiger partial charge in [-0.2, -0.15) is 0 Å². The van der Waals surface area contributed by atoms with Crippen molar-refractivity contribution in [3.05, 3.63) is 27.7 Å². The van der Waals surface area contributed by atoms with Crippen LogP contribution in [-0.2, 0) is 14.6 Å². The van der Waals surface area contributed by atoms with E-state index < -0.39 is 15.8 Å². The average molecular weight is 341 g/mol. The molecule has 1 rings (SSSR count). The average Bonchev–Trinajstić information content (AvgIpc) is 2.36. The second-order valence-electron chi connectivity index (χ2n) is 3.94. The van der Waals surface area contributed by atoms with E-state index in [1.165, 1.54) is 0 Å². The second-order valence-corrected chi connectivity index (χ2v) is 6.83. The van der Waals surface area contributed by atoms with E-state index in [2.05, 4.69) is 0 Å². The number of hydrogen-bond acceptors (Lipinski definition) is 4. The topological polar surface area (TPSA) is 80.7 Å². The molecule has 1 aromatic rings. The lowest BCUT2D eigenvalue weighted by molar-refractivity contribution is 0.0697. The summed E-state index contributed by atoms with van der Waals surface area (Å²) in [6.45, 7) is 2.61. The van der Waals surface area contributed by atoms with E-state index in [0.717, 1.165) is 12.1 Å². The molecule has 112 valence electrons. The smallest absolute Gasteiger partial charge is 0.337 e. The molecule has 0 spiro atoms. The van der Waals surface area contributed by atoms with E-state index >= 15 is 0 Å². The van der Waals surface area contributed by atoms with E-state index in [9.17, 15) is 13.2 Å². The number of benzene rings is 1. The van der Waals surface area contributed by atoms with Crippen LogP contribution in [0.4, 0.5) is 0 Å². The van der Waals surface area contributed by atoms with Gasteiger partial charge in [0.05, 0.1) is 21.2 Å². The van der Waals surface area contributed by atoms with Crippen molar-refractivity contribution in [2.45, 2.75) is 18.2 Å². The number of aromatic carboxylic acids is 1. The molecule has 0 atom stereocenters. The summed E-state index contributed by atoms with van der Waals surface area (Å²) in [5.74, 6) is -1.52. The molecule has 0 saturated carbocycles. The van der Waals surface area contributed by atoms with Crippen molar-refractivity contribution >= 4 is 39.0 Å². The summed E-state index contributed by atoms with van der Waals surface area (Å²) in [7, 11) is -3.71. The van der Waals surface area contributed by atoms with Gasteiger partial charge in [-0.25, -0.2) is 13.2 Å². The molecule has 0 bridgehead atoms. The number of ether oxygens (including phenoxy) is 1.